The van der Waals surface area contributed by atoms with E-state index < -0.39 is 5.97 Å². The molecule has 6 heteroatoms. The zero-order valence-electron chi connectivity index (χ0n) is 9.82. The predicted octanol–water partition coefficient (Wildman–Crippen LogP) is 1.70. The summed E-state index contributed by atoms with van der Waals surface area (Å²) in [5.74, 6) is -0.709. The van der Waals surface area contributed by atoms with Crippen molar-refractivity contribution in [2.75, 3.05) is 5.73 Å². The van der Waals surface area contributed by atoms with Gasteiger partial charge in [0.15, 0.2) is 5.82 Å². The van der Waals surface area contributed by atoms with E-state index in [-0.39, 0.29) is 11.3 Å². The Morgan fingerprint density at radius 1 is 1.21 bits per heavy atom. The maximum atomic E-state index is 11.1. The van der Waals surface area contributed by atoms with Crippen molar-refractivity contribution in [3.8, 4) is 5.82 Å². The van der Waals surface area contributed by atoms with Crippen LogP contribution in [-0.2, 0) is 0 Å². The van der Waals surface area contributed by atoms with Crippen molar-refractivity contribution >= 4 is 22.7 Å². The Bertz CT molecular complexity index is 779. The van der Waals surface area contributed by atoms with Crippen LogP contribution in [0.5, 0.6) is 0 Å². The lowest BCUT2D eigenvalue weighted by Crippen LogP contribution is -2.08. The summed E-state index contributed by atoms with van der Waals surface area (Å²) >= 11 is 0. The van der Waals surface area contributed by atoms with E-state index in [1.165, 1.54) is 12.3 Å². The number of carboxylic acid groups (broad SMARTS) is 1. The van der Waals surface area contributed by atoms with E-state index >= 15 is 0 Å². The second-order valence-electron chi connectivity index (χ2n) is 4.00. The number of rotatable bonds is 2. The summed E-state index contributed by atoms with van der Waals surface area (Å²) in [5.41, 5.74) is 7.65. The van der Waals surface area contributed by atoms with E-state index in [1.807, 2.05) is 24.3 Å². The van der Waals surface area contributed by atoms with Crippen molar-refractivity contribution in [2.45, 2.75) is 0 Å². The van der Waals surface area contributed by atoms with Crippen LogP contribution in [0.1, 0.15) is 10.4 Å². The number of carbonyl (C=O) groups is 1. The van der Waals surface area contributed by atoms with Gasteiger partial charge < -0.3 is 10.8 Å². The lowest BCUT2D eigenvalue weighted by atomic mass is 10.2. The highest BCUT2D eigenvalue weighted by atomic mass is 16.4. The van der Waals surface area contributed by atoms with Crippen LogP contribution in [0, 0.1) is 0 Å². The Morgan fingerprint density at radius 3 is 2.79 bits per heavy atom. The highest BCUT2D eigenvalue weighted by Crippen LogP contribution is 2.23. The molecule has 0 atom stereocenters. The molecule has 0 aliphatic rings. The number of fused-ring (bicyclic) bond motifs is 1. The summed E-state index contributed by atoms with van der Waals surface area (Å²) in [5, 5.41) is 9.07. The van der Waals surface area contributed by atoms with Gasteiger partial charge in [-0.2, -0.15) is 0 Å². The van der Waals surface area contributed by atoms with Gasteiger partial charge >= 0.3 is 5.97 Å². The lowest BCUT2D eigenvalue weighted by Gasteiger charge is -2.08. The molecule has 1 aromatic carbocycles. The fourth-order valence-corrected chi connectivity index (χ4v) is 1.97. The van der Waals surface area contributed by atoms with E-state index in [9.17, 15) is 4.79 Å². The molecule has 0 saturated heterocycles. The highest BCUT2D eigenvalue weighted by Gasteiger charge is 2.15. The fraction of sp³-hybridized carbons (Fsp3) is 0. The van der Waals surface area contributed by atoms with E-state index in [0.29, 0.717) is 5.82 Å². The van der Waals surface area contributed by atoms with Crippen LogP contribution in [0.4, 0.5) is 5.69 Å². The van der Waals surface area contributed by atoms with E-state index in [2.05, 4.69) is 9.97 Å². The Labute approximate surface area is 108 Å². The van der Waals surface area contributed by atoms with Gasteiger partial charge in [-0.1, -0.05) is 12.1 Å². The van der Waals surface area contributed by atoms with Crippen LogP contribution in [0.3, 0.4) is 0 Å². The van der Waals surface area contributed by atoms with Crippen molar-refractivity contribution in [1.29, 1.82) is 0 Å². The molecule has 0 spiro atoms. The van der Waals surface area contributed by atoms with E-state index in [1.54, 1.807) is 10.9 Å². The van der Waals surface area contributed by atoms with Gasteiger partial charge in [-0.3, -0.25) is 4.57 Å². The van der Waals surface area contributed by atoms with Gasteiger partial charge in [0.05, 0.1) is 22.3 Å². The number of para-hydroxylation sites is 2. The number of pyridine rings is 1. The first-order chi connectivity index (χ1) is 9.18. The quantitative estimate of drug-likeness (QED) is 0.725. The number of nitrogens with two attached hydrogens (primary N) is 1. The van der Waals surface area contributed by atoms with Gasteiger partial charge in [0.1, 0.15) is 6.33 Å². The minimum atomic E-state index is -1.08. The van der Waals surface area contributed by atoms with Gasteiger partial charge in [0, 0.05) is 6.20 Å². The smallest absolute Gasteiger partial charge is 0.337 e. The number of carboxylic acids is 1. The third-order valence-corrected chi connectivity index (χ3v) is 2.88. The maximum absolute atomic E-state index is 11.1. The maximum Gasteiger partial charge on any atom is 0.337 e. The van der Waals surface area contributed by atoms with Crippen molar-refractivity contribution in [3.05, 3.63) is 48.4 Å². The first-order valence-electron chi connectivity index (χ1n) is 5.58. The number of imidazole rings is 1. The van der Waals surface area contributed by atoms with Crippen molar-refractivity contribution in [2.24, 2.45) is 0 Å². The molecule has 0 fully saturated rings. The number of benzene rings is 1. The molecule has 3 aromatic rings. The Kier molecular flexibility index (Phi) is 2.42. The normalized spacial score (nSPS) is 10.7. The first kappa shape index (κ1) is 11.2. The monoisotopic (exact) mass is 254 g/mol. The number of nitrogens with zero attached hydrogens (tertiary/aromatic N) is 3. The predicted molar refractivity (Wildman–Crippen MR) is 70.2 cm³/mol. The van der Waals surface area contributed by atoms with Gasteiger partial charge in [0.25, 0.3) is 0 Å². The number of aromatic nitrogens is 3. The molecular weight excluding hydrogens is 244 g/mol. The molecule has 0 bridgehead atoms. The van der Waals surface area contributed by atoms with E-state index in [4.69, 9.17) is 10.8 Å². The SMILES string of the molecule is Nc1c(C(=O)O)ccnc1-n1cnc2ccccc21. The summed E-state index contributed by atoms with van der Waals surface area (Å²) in [7, 11) is 0. The molecule has 0 aliphatic heterocycles. The minimum absolute atomic E-state index is 0.0304. The zero-order chi connectivity index (χ0) is 13.4. The Morgan fingerprint density at radius 2 is 2.00 bits per heavy atom. The Balaban J connectivity index is 2.28. The number of anilines is 1. The molecule has 19 heavy (non-hydrogen) atoms. The Hall–Kier alpha value is -2.89. The van der Waals surface area contributed by atoms with E-state index in [0.717, 1.165) is 11.0 Å². The van der Waals surface area contributed by atoms with Gasteiger partial charge in [-0.15, -0.1) is 0 Å². The minimum Gasteiger partial charge on any atom is -0.478 e. The molecule has 3 rings (SSSR count). The molecule has 0 amide bonds. The first-order valence-corrected chi connectivity index (χ1v) is 5.58. The summed E-state index contributed by atoms with van der Waals surface area (Å²) in [4.78, 5) is 19.5. The molecule has 0 unspecified atom stereocenters. The number of aromatic carboxylic acids is 1. The molecule has 2 aromatic heterocycles. The standard InChI is InChI=1S/C13H10N4O2/c14-11-8(13(18)19)5-6-15-12(11)17-7-16-9-3-1-2-4-10(9)17/h1-7H,14H2,(H,18,19). The molecule has 0 radical (unpaired) electrons. The molecule has 2 heterocycles. The topological polar surface area (TPSA) is 94.0 Å². The molecule has 0 aliphatic carbocycles. The largest absolute Gasteiger partial charge is 0.478 e. The van der Waals surface area contributed by atoms with Gasteiger partial charge in [-0.05, 0) is 18.2 Å². The fourth-order valence-electron chi connectivity index (χ4n) is 1.97. The van der Waals surface area contributed by atoms with Crippen LogP contribution >= 0.6 is 0 Å². The van der Waals surface area contributed by atoms with Crippen LogP contribution in [0.2, 0.25) is 0 Å². The molecule has 3 N–H and O–H groups in total. The van der Waals surface area contributed by atoms with Crippen LogP contribution in [-0.4, -0.2) is 25.6 Å². The second-order valence-corrected chi connectivity index (χ2v) is 4.00. The summed E-state index contributed by atoms with van der Waals surface area (Å²) in [6.07, 6.45) is 3.00. The van der Waals surface area contributed by atoms with Gasteiger partial charge in [0.2, 0.25) is 0 Å². The third kappa shape index (κ3) is 1.70. The number of hydrogen-bond donors (Lipinski definition) is 2. The van der Waals surface area contributed by atoms with Crippen LogP contribution in [0.25, 0.3) is 16.9 Å². The molecule has 0 saturated carbocycles. The summed E-state index contributed by atoms with van der Waals surface area (Å²) in [6.45, 7) is 0. The van der Waals surface area contributed by atoms with Crippen molar-refractivity contribution in [1.82, 2.24) is 14.5 Å². The van der Waals surface area contributed by atoms with Crippen LogP contribution in [0.15, 0.2) is 42.9 Å². The van der Waals surface area contributed by atoms with Crippen LogP contribution < -0.4 is 5.73 Å². The summed E-state index contributed by atoms with van der Waals surface area (Å²) in [6, 6.07) is 8.86. The number of hydrogen-bond acceptors (Lipinski definition) is 4. The highest BCUT2D eigenvalue weighted by molar-refractivity contribution is 5.95. The zero-order valence-corrected chi connectivity index (χ0v) is 9.82. The lowest BCUT2D eigenvalue weighted by molar-refractivity contribution is 0.0698. The molecular formula is C13H10N4O2. The van der Waals surface area contributed by atoms with Crippen molar-refractivity contribution < 1.29 is 9.90 Å². The molecule has 6 nitrogen and oxygen atoms in total. The van der Waals surface area contributed by atoms with Crippen molar-refractivity contribution in [3.63, 3.8) is 0 Å². The third-order valence-electron chi connectivity index (χ3n) is 2.88. The number of nitrogen functional groups attached to an aromatic ring is 1. The second kappa shape index (κ2) is 4.09. The van der Waals surface area contributed by atoms with Gasteiger partial charge in [-0.25, -0.2) is 14.8 Å². The summed E-state index contributed by atoms with van der Waals surface area (Å²) < 4.78 is 1.68. The molecule has 94 valence electrons. The average molecular weight is 254 g/mol. The average Bonchev–Trinajstić information content (AvgIpc) is 2.82.